The molecule has 0 saturated heterocycles. The molecule has 3 rings (SSSR count). The predicted molar refractivity (Wildman–Crippen MR) is 92.2 cm³/mol. The first kappa shape index (κ1) is 15.7. The van der Waals surface area contributed by atoms with Crippen LogP contribution >= 0.6 is 0 Å². The Balaban J connectivity index is 1.85. The molecule has 0 saturated carbocycles. The molecule has 24 heavy (non-hydrogen) atoms. The van der Waals surface area contributed by atoms with Crippen LogP contribution in [-0.2, 0) is 11.2 Å². The summed E-state index contributed by atoms with van der Waals surface area (Å²) in [4.78, 5) is 27.5. The number of carboxylic acids is 1. The number of nitrogens with zero attached hydrogens (tertiary/aromatic N) is 1. The van der Waals surface area contributed by atoms with Gasteiger partial charge in [0.15, 0.2) is 0 Å². The highest BCUT2D eigenvalue weighted by molar-refractivity contribution is 6.11. The SMILES string of the molecule is Cc1cnc(C(=O)Nc2ccc(CC(=O)O)cc2)c2ccccc12. The molecule has 0 aliphatic carbocycles. The summed E-state index contributed by atoms with van der Waals surface area (Å²) in [5.74, 6) is -1.18. The Kier molecular flexibility index (Phi) is 4.24. The number of nitrogens with one attached hydrogen (secondary N) is 1. The van der Waals surface area contributed by atoms with Crippen LogP contribution in [0.4, 0.5) is 5.69 Å². The van der Waals surface area contributed by atoms with E-state index in [1.807, 2.05) is 31.2 Å². The first-order valence-corrected chi connectivity index (χ1v) is 7.51. The lowest BCUT2D eigenvalue weighted by molar-refractivity contribution is -0.136. The van der Waals surface area contributed by atoms with Crippen molar-refractivity contribution in [3.05, 3.63) is 71.5 Å². The van der Waals surface area contributed by atoms with Crippen LogP contribution in [0.15, 0.2) is 54.7 Å². The Labute approximate surface area is 139 Å². The average Bonchev–Trinajstić information content (AvgIpc) is 2.57. The summed E-state index contributed by atoms with van der Waals surface area (Å²) in [6, 6.07) is 14.4. The number of carbonyl (C=O) groups is 2. The zero-order valence-electron chi connectivity index (χ0n) is 13.1. The predicted octanol–water partition coefficient (Wildman–Crippen LogP) is 3.42. The quantitative estimate of drug-likeness (QED) is 0.772. The summed E-state index contributed by atoms with van der Waals surface area (Å²) in [5.41, 5.74) is 2.66. The standard InChI is InChI=1S/C19H16N2O3/c1-12-11-20-18(16-5-3-2-4-15(12)16)19(24)21-14-8-6-13(7-9-14)10-17(22)23/h2-9,11H,10H2,1H3,(H,21,24)(H,22,23). The minimum atomic E-state index is -0.887. The van der Waals surface area contributed by atoms with Gasteiger partial charge in [0.25, 0.3) is 5.91 Å². The van der Waals surface area contributed by atoms with Crippen molar-refractivity contribution in [1.82, 2.24) is 4.98 Å². The van der Waals surface area contributed by atoms with Gasteiger partial charge in [0.05, 0.1) is 6.42 Å². The molecule has 1 amide bonds. The molecule has 0 unspecified atom stereocenters. The molecule has 0 fully saturated rings. The Bertz CT molecular complexity index is 918. The molecular formula is C19H16N2O3. The summed E-state index contributed by atoms with van der Waals surface area (Å²) < 4.78 is 0. The number of benzene rings is 2. The third-order valence-corrected chi connectivity index (χ3v) is 3.78. The fraction of sp³-hybridized carbons (Fsp3) is 0.105. The number of amides is 1. The molecule has 0 aliphatic rings. The van der Waals surface area contributed by atoms with E-state index in [-0.39, 0.29) is 12.3 Å². The van der Waals surface area contributed by atoms with Crippen molar-refractivity contribution in [2.24, 2.45) is 0 Å². The number of pyridine rings is 1. The van der Waals surface area contributed by atoms with Gasteiger partial charge in [-0.25, -0.2) is 0 Å². The highest BCUT2D eigenvalue weighted by atomic mass is 16.4. The zero-order valence-corrected chi connectivity index (χ0v) is 13.1. The van der Waals surface area contributed by atoms with Crippen LogP contribution in [0, 0.1) is 6.92 Å². The molecule has 3 aromatic rings. The first-order chi connectivity index (χ1) is 11.5. The van der Waals surface area contributed by atoms with Gasteiger partial charge in [-0.15, -0.1) is 0 Å². The van der Waals surface area contributed by atoms with Gasteiger partial charge in [0.1, 0.15) is 5.69 Å². The van der Waals surface area contributed by atoms with Crippen molar-refractivity contribution < 1.29 is 14.7 Å². The molecule has 0 radical (unpaired) electrons. The molecule has 2 aromatic carbocycles. The fourth-order valence-electron chi connectivity index (χ4n) is 2.59. The van der Waals surface area contributed by atoms with E-state index < -0.39 is 5.97 Å². The second kappa shape index (κ2) is 6.50. The minimum absolute atomic E-state index is 0.0433. The third kappa shape index (κ3) is 3.25. The van der Waals surface area contributed by atoms with Crippen molar-refractivity contribution in [3.8, 4) is 0 Å². The van der Waals surface area contributed by atoms with Crippen LogP contribution in [0.2, 0.25) is 0 Å². The Hall–Kier alpha value is -3.21. The number of anilines is 1. The lowest BCUT2D eigenvalue weighted by atomic mass is 10.1. The van der Waals surface area contributed by atoms with Crippen LogP contribution < -0.4 is 5.32 Å². The van der Waals surface area contributed by atoms with E-state index in [0.29, 0.717) is 16.9 Å². The lowest BCUT2D eigenvalue weighted by Crippen LogP contribution is -2.14. The normalized spacial score (nSPS) is 10.5. The maximum Gasteiger partial charge on any atom is 0.307 e. The number of carboxylic acid groups (broad SMARTS) is 1. The molecule has 2 N–H and O–H groups in total. The fourth-order valence-corrected chi connectivity index (χ4v) is 2.59. The highest BCUT2D eigenvalue weighted by Crippen LogP contribution is 2.21. The van der Waals surface area contributed by atoms with E-state index in [4.69, 9.17) is 5.11 Å². The molecule has 120 valence electrons. The molecule has 5 heteroatoms. The van der Waals surface area contributed by atoms with Crippen molar-refractivity contribution in [2.45, 2.75) is 13.3 Å². The number of carbonyl (C=O) groups excluding carboxylic acids is 1. The number of fused-ring (bicyclic) bond motifs is 1. The third-order valence-electron chi connectivity index (χ3n) is 3.78. The van der Waals surface area contributed by atoms with Gasteiger partial charge >= 0.3 is 5.97 Å². The molecular weight excluding hydrogens is 304 g/mol. The van der Waals surface area contributed by atoms with Crippen LogP contribution in [-0.4, -0.2) is 22.0 Å². The monoisotopic (exact) mass is 320 g/mol. The maximum atomic E-state index is 12.5. The lowest BCUT2D eigenvalue weighted by Gasteiger charge is -2.09. The van der Waals surface area contributed by atoms with Crippen molar-refractivity contribution in [2.75, 3.05) is 5.32 Å². The summed E-state index contributed by atoms with van der Waals surface area (Å²) in [5, 5.41) is 13.4. The Morgan fingerprint density at radius 3 is 2.38 bits per heavy atom. The molecule has 0 spiro atoms. The van der Waals surface area contributed by atoms with Gasteiger partial charge in [0.2, 0.25) is 0 Å². The van der Waals surface area contributed by atoms with E-state index in [2.05, 4.69) is 10.3 Å². The largest absolute Gasteiger partial charge is 0.481 e. The number of rotatable bonds is 4. The minimum Gasteiger partial charge on any atom is -0.481 e. The van der Waals surface area contributed by atoms with Crippen molar-refractivity contribution in [1.29, 1.82) is 0 Å². The number of hydrogen-bond donors (Lipinski definition) is 2. The van der Waals surface area contributed by atoms with Gasteiger partial charge in [-0.1, -0.05) is 36.4 Å². The number of hydrogen-bond acceptors (Lipinski definition) is 3. The Morgan fingerprint density at radius 2 is 1.71 bits per heavy atom. The number of aliphatic carboxylic acids is 1. The van der Waals surface area contributed by atoms with Gasteiger partial charge < -0.3 is 10.4 Å². The van der Waals surface area contributed by atoms with Crippen molar-refractivity contribution in [3.63, 3.8) is 0 Å². The van der Waals surface area contributed by atoms with E-state index in [0.717, 1.165) is 16.3 Å². The number of aromatic nitrogens is 1. The summed E-state index contributed by atoms with van der Waals surface area (Å²) in [7, 11) is 0. The summed E-state index contributed by atoms with van der Waals surface area (Å²) in [6.45, 7) is 1.96. The van der Waals surface area contributed by atoms with Crippen molar-refractivity contribution >= 4 is 28.3 Å². The van der Waals surface area contributed by atoms with Gasteiger partial charge in [0, 0.05) is 17.3 Å². The molecule has 5 nitrogen and oxygen atoms in total. The van der Waals surface area contributed by atoms with Crippen LogP contribution in [0.1, 0.15) is 21.6 Å². The van der Waals surface area contributed by atoms with Crippen LogP contribution in [0.25, 0.3) is 10.8 Å². The van der Waals surface area contributed by atoms with Crippen LogP contribution in [0.5, 0.6) is 0 Å². The van der Waals surface area contributed by atoms with E-state index in [9.17, 15) is 9.59 Å². The van der Waals surface area contributed by atoms with E-state index in [1.54, 1.807) is 30.5 Å². The summed E-state index contributed by atoms with van der Waals surface area (Å²) in [6.07, 6.45) is 1.64. The molecule has 0 atom stereocenters. The topological polar surface area (TPSA) is 79.3 Å². The average molecular weight is 320 g/mol. The first-order valence-electron chi connectivity index (χ1n) is 7.51. The number of aryl methyl sites for hydroxylation is 1. The second-order valence-corrected chi connectivity index (χ2v) is 5.56. The van der Waals surface area contributed by atoms with E-state index >= 15 is 0 Å². The molecule has 1 heterocycles. The molecule has 0 bridgehead atoms. The van der Waals surface area contributed by atoms with Gasteiger partial charge in [-0.2, -0.15) is 0 Å². The van der Waals surface area contributed by atoms with Crippen LogP contribution in [0.3, 0.4) is 0 Å². The smallest absolute Gasteiger partial charge is 0.307 e. The van der Waals surface area contributed by atoms with E-state index in [1.165, 1.54) is 0 Å². The second-order valence-electron chi connectivity index (χ2n) is 5.56. The Morgan fingerprint density at radius 1 is 1.04 bits per heavy atom. The van der Waals surface area contributed by atoms with Gasteiger partial charge in [-0.05, 0) is 35.6 Å². The summed E-state index contributed by atoms with van der Waals surface area (Å²) >= 11 is 0. The molecule has 0 aliphatic heterocycles. The highest BCUT2D eigenvalue weighted by Gasteiger charge is 2.13. The molecule has 1 aromatic heterocycles. The van der Waals surface area contributed by atoms with Gasteiger partial charge in [-0.3, -0.25) is 14.6 Å². The maximum absolute atomic E-state index is 12.5. The zero-order chi connectivity index (χ0) is 17.1.